The molecule has 1 fully saturated rings. The Bertz CT molecular complexity index is 622. The van der Waals surface area contributed by atoms with Gasteiger partial charge in [0.25, 0.3) is 0 Å². The Labute approximate surface area is 118 Å². The van der Waals surface area contributed by atoms with E-state index < -0.39 is 29.3 Å². The summed E-state index contributed by atoms with van der Waals surface area (Å²) in [5.41, 5.74) is -1.61. The first-order valence-electron chi connectivity index (χ1n) is 6.24. The van der Waals surface area contributed by atoms with E-state index >= 15 is 0 Å². The molecule has 0 aliphatic carbocycles. The normalized spacial score (nSPS) is 18.6. The lowest BCUT2D eigenvalue weighted by Crippen LogP contribution is -2.37. The number of hydrogen-bond acceptors (Lipinski definition) is 4. The summed E-state index contributed by atoms with van der Waals surface area (Å²) in [6, 6.07) is 1.37. The highest BCUT2D eigenvalue weighted by molar-refractivity contribution is 5.79. The summed E-state index contributed by atoms with van der Waals surface area (Å²) >= 11 is 0. The van der Waals surface area contributed by atoms with Gasteiger partial charge in [0, 0.05) is 12.2 Å². The predicted molar refractivity (Wildman–Crippen MR) is 66.7 cm³/mol. The zero-order chi connectivity index (χ0) is 15.8. The largest absolute Gasteiger partial charge is 0.480 e. The van der Waals surface area contributed by atoms with Crippen LogP contribution in [0, 0.1) is 18.3 Å². The molecule has 0 radical (unpaired) electrons. The van der Waals surface area contributed by atoms with Gasteiger partial charge in [0.2, 0.25) is 0 Å². The number of aryl methyl sites for hydroxylation is 1. The highest BCUT2D eigenvalue weighted by Crippen LogP contribution is 2.37. The van der Waals surface area contributed by atoms with Crippen LogP contribution in [-0.4, -0.2) is 28.6 Å². The van der Waals surface area contributed by atoms with Crippen LogP contribution >= 0.6 is 0 Å². The molecule has 0 aromatic carbocycles. The molecule has 1 aromatic heterocycles. The number of halogens is 3. The molecule has 1 saturated heterocycles. The van der Waals surface area contributed by atoms with Crippen LogP contribution in [0.1, 0.15) is 29.7 Å². The van der Waals surface area contributed by atoms with Crippen molar-refractivity contribution in [3.8, 4) is 6.07 Å². The molecule has 0 saturated carbocycles. The molecule has 8 heteroatoms. The highest BCUT2D eigenvalue weighted by Gasteiger charge is 2.39. The van der Waals surface area contributed by atoms with Gasteiger partial charge in [-0.1, -0.05) is 0 Å². The number of aliphatic carboxylic acids is 1. The molecule has 21 heavy (non-hydrogen) atoms. The molecule has 0 bridgehead atoms. The molecule has 5 nitrogen and oxygen atoms in total. The second kappa shape index (κ2) is 5.24. The van der Waals surface area contributed by atoms with Crippen LogP contribution in [0.25, 0.3) is 0 Å². The monoisotopic (exact) mass is 299 g/mol. The van der Waals surface area contributed by atoms with Crippen LogP contribution in [0.3, 0.4) is 0 Å². The van der Waals surface area contributed by atoms with Crippen molar-refractivity contribution in [1.29, 1.82) is 5.26 Å². The third-order valence-corrected chi connectivity index (χ3v) is 3.36. The van der Waals surface area contributed by atoms with Gasteiger partial charge in [-0.2, -0.15) is 18.4 Å². The first-order valence-corrected chi connectivity index (χ1v) is 6.24. The molecule has 0 spiro atoms. The van der Waals surface area contributed by atoms with Gasteiger partial charge in [-0.05, 0) is 25.8 Å². The minimum atomic E-state index is -4.69. The van der Waals surface area contributed by atoms with Crippen LogP contribution in [0.4, 0.5) is 19.0 Å². The number of carbonyl (C=O) groups is 1. The fourth-order valence-electron chi connectivity index (χ4n) is 2.48. The van der Waals surface area contributed by atoms with Crippen LogP contribution in [-0.2, 0) is 11.0 Å². The predicted octanol–water partition coefficient (Wildman–Crippen LogP) is 2.33. The Morgan fingerprint density at radius 1 is 1.57 bits per heavy atom. The smallest absolute Gasteiger partial charge is 0.417 e. The molecule has 1 N–H and O–H groups in total. The summed E-state index contributed by atoms with van der Waals surface area (Å²) in [6.45, 7) is 1.64. The topological polar surface area (TPSA) is 77.2 Å². The second-order valence-corrected chi connectivity index (χ2v) is 4.81. The van der Waals surface area contributed by atoms with Gasteiger partial charge in [0.05, 0.1) is 5.56 Å². The van der Waals surface area contributed by atoms with Crippen LogP contribution in [0.5, 0.6) is 0 Å². The van der Waals surface area contributed by atoms with Crippen molar-refractivity contribution >= 4 is 11.8 Å². The van der Waals surface area contributed by atoms with Crippen molar-refractivity contribution in [2.75, 3.05) is 11.4 Å². The molecule has 0 amide bonds. The number of carboxylic acid groups (broad SMARTS) is 1. The van der Waals surface area contributed by atoms with Crippen molar-refractivity contribution in [3.05, 3.63) is 22.9 Å². The van der Waals surface area contributed by atoms with Gasteiger partial charge in [-0.15, -0.1) is 0 Å². The Balaban J connectivity index is 2.61. The average molecular weight is 299 g/mol. The lowest BCUT2D eigenvalue weighted by molar-refractivity contribution is -0.138. The number of hydrogen-bond donors (Lipinski definition) is 1. The maximum absolute atomic E-state index is 13.0. The minimum absolute atomic E-state index is 0.0902. The van der Waals surface area contributed by atoms with E-state index in [2.05, 4.69) is 4.98 Å². The Morgan fingerprint density at radius 3 is 2.76 bits per heavy atom. The number of aromatic nitrogens is 1. The van der Waals surface area contributed by atoms with Gasteiger partial charge in [-0.25, -0.2) is 9.78 Å². The molecular weight excluding hydrogens is 287 g/mol. The summed E-state index contributed by atoms with van der Waals surface area (Å²) in [6.07, 6.45) is -3.85. The second-order valence-electron chi connectivity index (χ2n) is 4.81. The van der Waals surface area contributed by atoms with Crippen LogP contribution in [0.15, 0.2) is 6.07 Å². The number of nitriles is 1. The molecule has 1 aliphatic rings. The standard InChI is InChI=1S/C13H12F3N3O2/c1-7-5-9(13(14,15)16)8(6-17)11(18-7)19-4-2-3-10(19)12(20)21/h5,10H,2-4H2,1H3,(H,20,21)/t10-/m0/s1. The number of alkyl halides is 3. The zero-order valence-electron chi connectivity index (χ0n) is 11.1. The summed E-state index contributed by atoms with van der Waals surface area (Å²) in [7, 11) is 0. The third-order valence-electron chi connectivity index (χ3n) is 3.36. The van der Waals surface area contributed by atoms with E-state index in [9.17, 15) is 18.0 Å². The number of pyridine rings is 1. The summed E-state index contributed by atoms with van der Waals surface area (Å²) in [5, 5.41) is 18.2. The maximum Gasteiger partial charge on any atom is 0.417 e. The Kier molecular flexibility index (Phi) is 3.77. The molecule has 112 valence electrons. The summed E-state index contributed by atoms with van der Waals surface area (Å²) < 4.78 is 39.1. The van der Waals surface area contributed by atoms with Gasteiger partial charge in [0.15, 0.2) is 0 Å². The summed E-state index contributed by atoms with van der Waals surface area (Å²) in [4.78, 5) is 16.4. The Hall–Kier alpha value is -2.30. The van der Waals surface area contributed by atoms with Crippen molar-refractivity contribution in [2.24, 2.45) is 0 Å². The van der Waals surface area contributed by atoms with E-state index in [-0.39, 0.29) is 18.1 Å². The molecule has 2 heterocycles. The number of rotatable bonds is 2. The first kappa shape index (κ1) is 15.1. The lowest BCUT2D eigenvalue weighted by Gasteiger charge is -2.25. The van der Waals surface area contributed by atoms with Gasteiger partial charge in [-0.3, -0.25) is 0 Å². The fraction of sp³-hybridized carbons (Fsp3) is 0.462. The molecule has 1 aliphatic heterocycles. The van der Waals surface area contributed by atoms with Gasteiger partial charge >= 0.3 is 12.1 Å². The molecule has 1 aromatic rings. The van der Waals surface area contributed by atoms with Crippen molar-refractivity contribution in [1.82, 2.24) is 4.98 Å². The number of carboxylic acids is 1. The quantitative estimate of drug-likeness (QED) is 0.907. The van der Waals surface area contributed by atoms with Crippen molar-refractivity contribution in [2.45, 2.75) is 32.0 Å². The van der Waals surface area contributed by atoms with Crippen LogP contribution < -0.4 is 4.90 Å². The highest BCUT2D eigenvalue weighted by atomic mass is 19.4. The summed E-state index contributed by atoms with van der Waals surface area (Å²) in [5.74, 6) is -1.33. The average Bonchev–Trinajstić information content (AvgIpc) is 2.85. The van der Waals surface area contributed by atoms with Gasteiger partial charge < -0.3 is 10.0 Å². The zero-order valence-corrected chi connectivity index (χ0v) is 11.1. The molecule has 2 rings (SSSR count). The fourth-order valence-corrected chi connectivity index (χ4v) is 2.48. The molecule has 0 unspecified atom stereocenters. The third kappa shape index (κ3) is 2.77. The van der Waals surface area contributed by atoms with Crippen molar-refractivity contribution < 1.29 is 23.1 Å². The van der Waals surface area contributed by atoms with Crippen molar-refractivity contribution in [3.63, 3.8) is 0 Å². The maximum atomic E-state index is 13.0. The minimum Gasteiger partial charge on any atom is -0.480 e. The van der Waals surface area contributed by atoms with Gasteiger partial charge in [0.1, 0.15) is 23.5 Å². The lowest BCUT2D eigenvalue weighted by atomic mass is 10.1. The van der Waals surface area contributed by atoms with Crippen LogP contribution in [0.2, 0.25) is 0 Å². The van der Waals surface area contributed by atoms with E-state index in [1.807, 2.05) is 0 Å². The van der Waals surface area contributed by atoms with E-state index in [1.54, 1.807) is 0 Å². The van der Waals surface area contributed by atoms with E-state index in [4.69, 9.17) is 10.4 Å². The first-order chi connectivity index (χ1) is 9.75. The molecule has 1 atom stereocenters. The van der Waals surface area contributed by atoms with E-state index in [1.165, 1.54) is 17.9 Å². The Morgan fingerprint density at radius 2 is 2.24 bits per heavy atom. The van der Waals surface area contributed by atoms with E-state index in [0.29, 0.717) is 12.8 Å². The number of anilines is 1. The number of nitrogens with zero attached hydrogens (tertiary/aromatic N) is 3. The molecular formula is C13H12F3N3O2. The SMILES string of the molecule is Cc1cc(C(F)(F)F)c(C#N)c(N2CCC[C@H]2C(=O)O)n1. The van der Waals surface area contributed by atoms with E-state index in [0.717, 1.165) is 6.07 Å².